The first-order chi connectivity index (χ1) is 10.3. The summed E-state index contributed by atoms with van der Waals surface area (Å²) in [5.41, 5.74) is 0.774. The molecule has 0 spiro atoms. The summed E-state index contributed by atoms with van der Waals surface area (Å²) in [4.78, 5) is 4.15. The number of imidazole rings is 1. The van der Waals surface area contributed by atoms with E-state index < -0.39 is 0 Å². The second-order valence-corrected chi connectivity index (χ2v) is 5.76. The van der Waals surface area contributed by atoms with Gasteiger partial charge in [0.15, 0.2) is 0 Å². The van der Waals surface area contributed by atoms with Crippen LogP contribution in [0.2, 0.25) is 0 Å². The van der Waals surface area contributed by atoms with Crippen LogP contribution in [-0.4, -0.2) is 15.6 Å². The van der Waals surface area contributed by atoms with E-state index in [2.05, 4.69) is 21.8 Å². The van der Waals surface area contributed by atoms with E-state index >= 15 is 0 Å². The van der Waals surface area contributed by atoms with Crippen LogP contribution in [0.1, 0.15) is 50.3 Å². The Bertz CT molecular complexity index is 567. The standard InChI is InChI=1S/C17H22FN3/c1-2-15(13-6-3-4-7-14(13)18)20-16-8-5-9-17(16)21-11-10-19-12-21/h3-4,6-7,10-12,15-17,20H,2,5,8-9H2,1H3. The summed E-state index contributed by atoms with van der Waals surface area (Å²) in [7, 11) is 0. The predicted molar refractivity (Wildman–Crippen MR) is 81.5 cm³/mol. The van der Waals surface area contributed by atoms with Crippen molar-refractivity contribution in [2.75, 3.05) is 0 Å². The fraction of sp³-hybridized carbons (Fsp3) is 0.471. The predicted octanol–water partition coefficient (Wildman–Crippen LogP) is 3.86. The summed E-state index contributed by atoms with van der Waals surface area (Å²) >= 11 is 0. The molecule has 1 fully saturated rings. The zero-order valence-corrected chi connectivity index (χ0v) is 12.4. The Morgan fingerprint density at radius 2 is 2.24 bits per heavy atom. The number of nitrogens with one attached hydrogen (secondary N) is 1. The van der Waals surface area contributed by atoms with Gasteiger partial charge in [-0.05, 0) is 31.7 Å². The van der Waals surface area contributed by atoms with E-state index in [0.29, 0.717) is 12.1 Å². The fourth-order valence-corrected chi connectivity index (χ4v) is 3.40. The van der Waals surface area contributed by atoms with Crippen molar-refractivity contribution in [1.29, 1.82) is 0 Å². The van der Waals surface area contributed by atoms with Crippen LogP contribution >= 0.6 is 0 Å². The van der Waals surface area contributed by atoms with Crippen LogP contribution in [0.3, 0.4) is 0 Å². The van der Waals surface area contributed by atoms with Gasteiger partial charge in [0.1, 0.15) is 5.82 Å². The van der Waals surface area contributed by atoms with Crippen molar-refractivity contribution in [2.24, 2.45) is 0 Å². The lowest BCUT2D eigenvalue weighted by molar-refractivity contribution is 0.343. The fourth-order valence-electron chi connectivity index (χ4n) is 3.40. The number of rotatable bonds is 5. The third-order valence-electron chi connectivity index (χ3n) is 4.49. The molecule has 21 heavy (non-hydrogen) atoms. The minimum atomic E-state index is -0.117. The lowest BCUT2D eigenvalue weighted by Gasteiger charge is -2.27. The SMILES string of the molecule is CCC(NC1CCCC1n1ccnc1)c1ccccc1F. The third-order valence-corrected chi connectivity index (χ3v) is 4.49. The zero-order chi connectivity index (χ0) is 14.7. The smallest absolute Gasteiger partial charge is 0.127 e. The molecular weight excluding hydrogens is 265 g/mol. The van der Waals surface area contributed by atoms with E-state index in [1.165, 1.54) is 6.42 Å². The Kier molecular flexibility index (Phi) is 4.34. The van der Waals surface area contributed by atoms with E-state index in [1.807, 2.05) is 30.9 Å². The Morgan fingerprint density at radius 1 is 1.38 bits per heavy atom. The maximum atomic E-state index is 14.0. The largest absolute Gasteiger partial charge is 0.333 e. The van der Waals surface area contributed by atoms with E-state index in [1.54, 1.807) is 12.1 Å². The van der Waals surface area contributed by atoms with Crippen molar-refractivity contribution in [3.8, 4) is 0 Å². The minimum Gasteiger partial charge on any atom is -0.333 e. The summed E-state index contributed by atoms with van der Waals surface area (Å²) in [5.74, 6) is -0.117. The van der Waals surface area contributed by atoms with E-state index in [-0.39, 0.29) is 11.9 Å². The topological polar surface area (TPSA) is 29.9 Å². The Labute approximate surface area is 125 Å². The third kappa shape index (κ3) is 3.00. The number of nitrogens with zero attached hydrogens (tertiary/aromatic N) is 2. The van der Waals surface area contributed by atoms with Crippen molar-refractivity contribution in [2.45, 2.75) is 50.7 Å². The average molecular weight is 287 g/mol. The van der Waals surface area contributed by atoms with Gasteiger partial charge in [0.2, 0.25) is 0 Å². The lowest BCUT2D eigenvalue weighted by atomic mass is 10.0. The molecule has 2 aromatic rings. The first-order valence-corrected chi connectivity index (χ1v) is 7.77. The highest BCUT2D eigenvalue weighted by Crippen LogP contribution is 2.32. The van der Waals surface area contributed by atoms with Crippen LogP contribution in [0, 0.1) is 5.82 Å². The summed E-state index contributed by atoms with van der Waals surface area (Å²) < 4.78 is 16.2. The Hall–Kier alpha value is -1.68. The molecule has 4 heteroatoms. The van der Waals surface area contributed by atoms with Crippen molar-refractivity contribution >= 4 is 0 Å². The molecule has 1 heterocycles. The summed E-state index contributed by atoms with van der Waals surface area (Å²) in [5, 5.41) is 3.67. The molecule has 112 valence electrons. The molecule has 1 N–H and O–H groups in total. The van der Waals surface area contributed by atoms with E-state index in [4.69, 9.17) is 0 Å². The summed E-state index contributed by atoms with van der Waals surface area (Å²) in [6.07, 6.45) is 10.1. The second-order valence-electron chi connectivity index (χ2n) is 5.76. The highest BCUT2D eigenvalue weighted by atomic mass is 19.1. The maximum Gasteiger partial charge on any atom is 0.127 e. The zero-order valence-electron chi connectivity index (χ0n) is 12.4. The first kappa shape index (κ1) is 14.3. The van der Waals surface area contributed by atoms with Crippen molar-refractivity contribution < 1.29 is 4.39 Å². The number of benzene rings is 1. The Balaban J connectivity index is 1.76. The maximum absolute atomic E-state index is 14.0. The van der Waals surface area contributed by atoms with Crippen molar-refractivity contribution in [1.82, 2.24) is 14.9 Å². The molecule has 1 aliphatic rings. The molecule has 0 amide bonds. The van der Waals surface area contributed by atoms with Gasteiger partial charge in [-0.3, -0.25) is 0 Å². The molecule has 1 aromatic carbocycles. The molecule has 0 aliphatic heterocycles. The van der Waals surface area contributed by atoms with Crippen LogP contribution in [0.5, 0.6) is 0 Å². The highest BCUT2D eigenvalue weighted by Gasteiger charge is 2.30. The van der Waals surface area contributed by atoms with E-state index in [0.717, 1.165) is 24.8 Å². The van der Waals surface area contributed by atoms with Gasteiger partial charge in [0, 0.05) is 36.1 Å². The average Bonchev–Trinajstić information content (AvgIpc) is 3.16. The van der Waals surface area contributed by atoms with Gasteiger partial charge in [-0.15, -0.1) is 0 Å². The van der Waals surface area contributed by atoms with Gasteiger partial charge in [-0.1, -0.05) is 25.1 Å². The van der Waals surface area contributed by atoms with Gasteiger partial charge in [-0.25, -0.2) is 9.37 Å². The molecule has 3 unspecified atom stereocenters. The molecule has 0 radical (unpaired) electrons. The molecule has 3 atom stereocenters. The van der Waals surface area contributed by atoms with E-state index in [9.17, 15) is 4.39 Å². The normalized spacial score (nSPS) is 23.3. The second kappa shape index (κ2) is 6.39. The molecule has 1 aliphatic carbocycles. The van der Waals surface area contributed by atoms with Crippen LogP contribution in [0.4, 0.5) is 4.39 Å². The molecule has 0 bridgehead atoms. The van der Waals surface area contributed by atoms with Crippen LogP contribution in [-0.2, 0) is 0 Å². The molecule has 1 saturated carbocycles. The molecule has 0 saturated heterocycles. The molecule has 3 nitrogen and oxygen atoms in total. The van der Waals surface area contributed by atoms with Gasteiger partial charge in [0.25, 0.3) is 0 Å². The summed E-state index contributed by atoms with van der Waals surface area (Å²) in [6, 6.07) is 7.96. The van der Waals surface area contributed by atoms with Gasteiger partial charge in [0.05, 0.1) is 6.33 Å². The Morgan fingerprint density at radius 3 is 2.95 bits per heavy atom. The quantitative estimate of drug-likeness (QED) is 0.905. The summed E-state index contributed by atoms with van der Waals surface area (Å²) in [6.45, 7) is 2.10. The lowest BCUT2D eigenvalue weighted by Crippen LogP contribution is -2.36. The number of halogens is 1. The van der Waals surface area contributed by atoms with Crippen LogP contribution in [0.25, 0.3) is 0 Å². The number of hydrogen-bond donors (Lipinski definition) is 1. The van der Waals surface area contributed by atoms with Crippen molar-refractivity contribution in [3.05, 3.63) is 54.4 Å². The van der Waals surface area contributed by atoms with Crippen molar-refractivity contribution in [3.63, 3.8) is 0 Å². The molecular formula is C17H22FN3. The van der Waals surface area contributed by atoms with Crippen LogP contribution < -0.4 is 5.32 Å². The minimum absolute atomic E-state index is 0.0697. The van der Waals surface area contributed by atoms with Gasteiger partial charge < -0.3 is 9.88 Å². The number of hydrogen-bond acceptors (Lipinski definition) is 2. The first-order valence-electron chi connectivity index (χ1n) is 7.77. The molecule has 1 aromatic heterocycles. The van der Waals surface area contributed by atoms with Gasteiger partial charge >= 0.3 is 0 Å². The van der Waals surface area contributed by atoms with Crippen LogP contribution in [0.15, 0.2) is 43.0 Å². The van der Waals surface area contributed by atoms with Gasteiger partial charge in [-0.2, -0.15) is 0 Å². The number of aromatic nitrogens is 2. The monoisotopic (exact) mass is 287 g/mol. The highest BCUT2D eigenvalue weighted by molar-refractivity contribution is 5.21. The molecule has 3 rings (SSSR count).